The monoisotopic (exact) mass is 231 g/mol. The molecule has 1 aromatic rings. The number of thioether (sulfide) groups is 1. The zero-order valence-electron chi connectivity index (χ0n) is 9.17. The first-order valence-corrected chi connectivity index (χ1v) is 5.75. The highest BCUT2D eigenvalue weighted by molar-refractivity contribution is 7.99. The van der Waals surface area contributed by atoms with Crippen molar-refractivity contribution < 1.29 is 9.52 Å². The minimum absolute atomic E-state index is 0.00540. The first kappa shape index (κ1) is 12.5. The van der Waals surface area contributed by atoms with Crippen LogP contribution in [0.25, 0.3) is 0 Å². The van der Waals surface area contributed by atoms with Gasteiger partial charge >= 0.3 is 0 Å². The fourth-order valence-corrected chi connectivity index (χ4v) is 2.18. The third kappa shape index (κ3) is 3.48. The van der Waals surface area contributed by atoms with E-state index in [9.17, 15) is 5.11 Å². The lowest BCUT2D eigenvalue weighted by atomic mass is 10.0. The van der Waals surface area contributed by atoms with E-state index in [2.05, 4.69) is 10.2 Å². The highest BCUT2D eigenvalue weighted by Crippen LogP contribution is 2.25. The van der Waals surface area contributed by atoms with Gasteiger partial charge in [-0.25, -0.2) is 0 Å². The third-order valence-electron chi connectivity index (χ3n) is 2.14. The van der Waals surface area contributed by atoms with Crippen LogP contribution >= 0.6 is 11.8 Å². The summed E-state index contributed by atoms with van der Waals surface area (Å²) < 4.78 is 5.22. The van der Waals surface area contributed by atoms with Gasteiger partial charge in [0, 0.05) is 13.0 Å². The van der Waals surface area contributed by atoms with Gasteiger partial charge in [-0.2, -0.15) is 0 Å². The van der Waals surface area contributed by atoms with Crippen LogP contribution in [0.2, 0.25) is 0 Å². The summed E-state index contributed by atoms with van der Waals surface area (Å²) in [6, 6.07) is -0.0905. The van der Waals surface area contributed by atoms with Crippen LogP contribution in [0.5, 0.6) is 0 Å². The maximum Gasteiger partial charge on any atom is 0.276 e. The van der Waals surface area contributed by atoms with Crippen molar-refractivity contribution in [2.45, 2.75) is 37.3 Å². The summed E-state index contributed by atoms with van der Waals surface area (Å²) in [5.41, 5.74) is 5.96. The van der Waals surface area contributed by atoms with Crippen molar-refractivity contribution in [3.8, 4) is 0 Å². The molecule has 0 fully saturated rings. The molecular weight excluding hydrogens is 214 g/mol. The molecule has 0 aromatic carbocycles. The lowest BCUT2D eigenvalue weighted by Gasteiger charge is -2.22. The molecule has 2 atom stereocenters. The molecule has 0 spiro atoms. The first-order valence-electron chi connectivity index (χ1n) is 4.87. The highest BCUT2D eigenvalue weighted by atomic mass is 32.2. The van der Waals surface area contributed by atoms with Crippen molar-refractivity contribution in [3.05, 3.63) is 5.89 Å². The van der Waals surface area contributed by atoms with Crippen molar-refractivity contribution in [2.75, 3.05) is 6.61 Å². The fourth-order valence-electron chi connectivity index (χ4n) is 1.12. The molecule has 6 heteroatoms. The van der Waals surface area contributed by atoms with E-state index in [0.717, 1.165) is 0 Å². The minimum atomic E-state index is -0.107. The Morgan fingerprint density at radius 2 is 2.13 bits per heavy atom. The van der Waals surface area contributed by atoms with Crippen molar-refractivity contribution >= 4 is 11.8 Å². The minimum Gasteiger partial charge on any atom is -0.416 e. The molecule has 0 saturated heterocycles. The van der Waals surface area contributed by atoms with Gasteiger partial charge in [-0.05, 0) is 5.92 Å². The van der Waals surface area contributed by atoms with Crippen LogP contribution in [0.4, 0.5) is 0 Å². The lowest BCUT2D eigenvalue weighted by Crippen LogP contribution is -2.39. The summed E-state index contributed by atoms with van der Waals surface area (Å²) in [4.78, 5) is 0. The molecule has 2 unspecified atom stereocenters. The van der Waals surface area contributed by atoms with Crippen molar-refractivity contribution in [2.24, 2.45) is 11.7 Å². The predicted molar refractivity (Wildman–Crippen MR) is 58.6 cm³/mol. The van der Waals surface area contributed by atoms with E-state index in [0.29, 0.717) is 17.0 Å². The van der Waals surface area contributed by atoms with E-state index in [1.54, 1.807) is 6.92 Å². The van der Waals surface area contributed by atoms with Crippen LogP contribution in [-0.4, -0.2) is 33.2 Å². The molecule has 0 aliphatic carbocycles. The Morgan fingerprint density at radius 3 is 2.53 bits per heavy atom. The number of hydrogen-bond donors (Lipinski definition) is 2. The topological polar surface area (TPSA) is 85.2 Å². The van der Waals surface area contributed by atoms with Gasteiger partial charge in [0.15, 0.2) is 0 Å². The summed E-state index contributed by atoms with van der Waals surface area (Å²) in [5, 5.41) is 17.2. The molecule has 1 aromatic heterocycles. The lowest BCUT2D eigenvalue weighted by molar-refractivity contribution is 0.268. The molecule has 0 amide bonds. The van der Waals surface area contributed by atoms with Gasteiger partial charge in [-0.1, -0.05) is 25.6 Å². The van der Waals surface area contributed by atoms with E-state index in [4.69, 9.17) is 10.2 Å². The second-order valence-electron chi connectivity index (χ2n) is 3.75. The van der Waals surface area contributed by atoms with E-state index < -0.39 is 0 Å². The number of aliphatic hydroxyl groups excluding tert-OH is 1. The molecule has 1 rings (SSSR count). The van der Waals surface area contributed by atoms with Crippen molar-refractivity contribution in [1.82, 2.24) is 10.2 Å². The maximum atomic E-state index is 9.22. The van der Waals surface area contributed by atoms with Crippen molar-refractivity contribution in [3.63, 3.8) is 0 Å². The van der Waals surface area contributed by atoms with Gasteiger partial charge < -0.3 is 15.3 Å². The number of rotatable bonds is 5. The van der Waals surface area contributed by atoms with Crippen LogP contribution in [0, 0.1) is 12.8 Å². The normalized spacial score (nSPS) is 15.6. The smallest absolute Gasteiger partial charge is 0.276 e. The highest BCUT2D eigenvalue weighted by Gasteiger charge is 2.23. The van der Waals surface area contributed by atoms with Gasteiger partial charge in [0.1, 0.15) is 0 Å². The SMILES string of the molecule is Cc1nnc(SC(CO)C(N)C(C)C)o1. The molecule has 0 radical (unpaired) electrons. The zero-order chi connectivity index (χ0) is 11.4. The number of nitrogens with two attached hydrogens (primary N) is 1. The Balaban J connectivity index is 2.61. The van der Waals surface area contributed by atoms with Gasteiger partial charge in [0.25, 0.3) is 5.22 Å². The summed E-state index contributed by atoms with van der Waals surface area (Å²) in [6.45, 7) is 5.78. The summed E-state index contributed by atoms with van der Waals surface area (Å²) in [6.07, 6.45) is 0. The Labute approximate surface area is 93.4 Å². The quantitative estimate of drug-likeness (QED) is 0.730. The molecule has 0 aliphatic rings. The van der Waals surface area contributed by atoms with Gasteiger partial charge in [0.2, 0.25) is 5.89 Å². The number of hydrogen-bond acceptors (Lipinski definition) is 6. The Bertz CT molecular complexity index is 303. The summed E-state index contributed by atoms with van der Waals surface area (Å²) >= 11 is 1.33. The zero-order valence-corrected chi connectivity index (χ0v) is 9.99. The average Bonchev–Trinajstić information content (AvgIpc) is 2.59. The fraction of sp³-hybridized carbons (Fsp3) is 0.778. The molecule has 1 heterocycles. The number of aryl methyl sites for hydroxylation is 1. The predicted octanol–water partition coefficient (Wildman–Crippen LogP) is 0.814. The van der Waals surface area contributed by atoms with E-state index in [1.165, 1.54) is 11.8 Å². The van der Waals surface area contributed by atoms with Gasteiger partial charge in [-0.3, -0.25) is 0 Å². The molecule has 3 N–H and O–H groups in total. The molecule has 15 heavy (non-hydrogen) atoms. The number of aromatic nitrogens is 2. The molecule has 0 saturated carbocycles. The Hall–Kier alpha value is -0.590. The molecule has 0 aliphatic heterocycles. The molecule has 86 valence electrons. The largest absolute Gasteiger partial charge is 0.416 e. The summed E-state index contributed by atoms with van der Waals surface area (Å²) in [7, 11) is 0. The van der Waals surface area contributed by atoms with Gasteiger partial charge in [-0.15, -0.1) is 10.2 Å². The van der Waals surface area contributed by atoms with E-state index in [-0.39, 0.29) is 17.9 Å². The number of nitrogens with zero attached hydrogens (tertiary/aromatic N) is 2. The second kappa shape index (κ2) is 5.48. The molecule has 0 bridgehead atoms. The average molecular weight is 231 g/mol. The third-order valence-corrected chi connectivity index (χ3v) is 3.27. The van der Waals surface area contributed by atoms with E-state index in [1.807, 2.05) is 13.8 Å². The Morgan fingerprint density at radius 1 is 1.47 bits per heavy atom. The van der Waals surface area contributed by atoms with Crippen LogP contribution < -0.4 is 5.73 Å². The van der Waals surface area contributed by atoms with E-state index >= 15 is 0 Å². The summed E-state index contributed by atoms with van der Waals surface area (Å²) in [5.74, 6) is 0.825. The van der Waals surface area contributed by atoms with Crippen LogP contribution in [-0.2, 0) is 0 Å². The standard InChI is InChI=1S/C9H17N3O2S/c1-5(2)8(10)7(4-13)15-9-12-11-6(3)14-9/h5,7-8,13H,4,10H2,1-3H3. The first-order chi connectivity index (χ1) is 7.04. The van der Waals surface area contributed by atoms with Crippen LogP contribution in [0.1, 0.15) is 19.7 Å². The molecular formula is C9H17N3O2S. The Kier molecular flexibility index (Phi) is 4.56. The van der Waals surface area contributed by atoms with Crippen LogP contribution in [0.15, 0.2) is 9.64 Å². The maximum absolute atomic E-state index is 9.22. The number of aliphatic hydroxyl groups is 1. The van der Waals surface area contributed by atoms with Crippen LogP contribution in [0.3, 0.4) is 0 Å². The van der Waals surface area contributed by atoms with Gasteiger partial charge in [0.05, 0.1) is 11.9 Å². The second-order valence-corrected chi connectivity index (χ2v) is 4.94. The molecule has 5 nitrogen and oxygen atoms in total. The van der Waals surface area contributed by atoms with Crippen molar-refractivity contribution in [1.29, 1.82) is 0 Å².